The van der Waals surface area contributed by atoms with Crippen molar-refractivity contribution in [2.75, 3.05) is 13.9 Å². The first-order valence-electron chi connectivity index (χ1n) is 13.8. The van der Waals surface area contributed by atoms with E-state index < -0.39 is 36.5 Å². The summed E-state index contributed by atoms with van der Waals surface area (Å²) in [4.78, 5) is 41.6. The van der Waals surface area contributed by atoms with Gasteiger partial charge in [0.25, 0.3) is 0 Å². The molecule has 0 bridgehead atoms. The van der Waals surface area contributed by atoms with Crippen LogP contribution in [-0.2, 0) is 19.1 Å². The molecule has 0 saturated carbocycles. The van der Waals surface area contributed by atoms with E-state index in [9.17, 15) is 14.4 Å². The fourth-order valence-electron chi connectivity index (χ4n) is 4.30. The van der Waals surface area contributed by atoms with Gasteiger partial charge in [0.2, 0.25) is 6.79 Å². The van der Waals surface area contributed by atoms with Crippen LogP contribution in [0.2, 0.25) is 0 Å². The van der Waals surface area contributed by atoms with Crippen LogP contribution in [0.5, 0.6) is 17.2 Å². The molecule has 9 heteroatoms. The lowest BCUT2D eigenvalue weighted by Crippen LogP contribution is -2.40. The molecule has 2 rings (SSSR count). The molecule has 1 aromatic carbocycles. The van der Waals surface area contributed by atoms with Gasteiger partial charge in [0, 0.05) is 25.6 Å². The van der Waals surface area contributed by atoms with Gasteiger partial charge in [-0.1, -0.05) is 52.3 Å². The largest absolute Gasteiger partial charge is 0.493 e. The monoisotopic (exact) mass is 557 g/mol. The quantitative estimate of drug-likeness (QED) is 0.131. The Kier molecular flexibility index (Phi) is 13.4. The first-order valence-corrected chi connectivity index (χ1v) is 13.8. The number of para-hydroxylation sites is 1. The number of aromatic nitrogens is 1. The van der Waals surface area contributed by atoms with Crippen molar-refractivity contribution in [3.63, 3.8) is 0 Å². The van der Waals surface area contributed by atoms with Gasteiger partial charge in [0.05, 0.1) is 13.0 Å². The van der Waals surface area contributed by atoms with Gasteiger partial charge in [-0.2, -0.15) is 0 Å². The molecule has 1 aromatic heterocycles. The zero-order valence-corrected chi connectivity index (χ0v) is 24.7. The minimum atomic E-state index is -0.752. The summed E-state index contributed by atoms with van der Waals surface area (Å²) in [7, 11) is 1.42. The Hall–Kier alpha value is -3.62. The molecule has 0 aliphatic rings. The molecule has 9 nitrogen and oxygen atoms in total. The zero-order chi connectivity index (χ0) is 29.7. The third-order valence-corrected chi connectivity index (χ3v) is 6.60. The van der Waals surface area contributed by atoms with Crippen molar-refractivity contribution < 1.29 is 38.1 Å². The summed E-state index contributed by atoms with van der Waals surface area (Å²) in [5.41, 5.74) is -0.0239. The Morgan fingerprint density at radius 3 is 2.27 bits per heavy atom. The molecule has 4 atom stereocenters. The van der Waals surface area contributed by atoms with Crippen LogP contribution < -0.4 is 14.2 Å². The minimum Gasteiger partial charge on any atom is -0.493 e. The van der Waals surface area contributed by atoms with Crippen LogP contribution in [-0.4, -0.2) is 48.8 Å². The van der Waals surface area contributed by atoms with Gasteiger partial charge < -0.3 is 23.7 Å². The van der Waals surface area contributed by atoms with Crippen molar-refractivity contribution in [2.45, 2.75) is 79.4 Å². The fraction of sp³-hybridized carbons (Fsp3) is 0.548. The molecule has 0 spiro atoms. The van der Waals surface area contributed by atoms with Gasteiger partial charge in [0.1, 0.15) is 18.0 Å². The van der Waals surface area contributed by atoms with Gasteiger partial charge in [-0.3, -0.25) is 14.4 Å². The predicted octanol–water partition coefficient (Wildman–Crippen LogP) is 6.04. The molecule has 40 heavy (non-hydrogen) atoms. The Labute approximate surface area is 237 Å². The van der Waals surface area contributed by atoms with E-state index in [1.165, 1.54) is 26.3 Å². The lowest BCUT2D eigenvalue weighted by Gasteiger charge is -2.32. The number of Topliss-reactive ketones (excluding diaryl/α,β-unsaturated/α-hetero) is 1. The first-order chi connectivity index (χ1) is 19.1. The van der Waals surface area contributed by atoms with Crippen LogP contribution in [0, 0.1) is 17.8 Å². The average Bonchev–Trinajstić information content (AvgIpc) is 2.92. The molecule has 2 aromatic rings. The molecule has 220 valence electrons. The summed E-state index contributed by atoms with van der Waals surface area (Å²) in [5.74, 6) is -0.501. The molecule has 0 aliphatic heterocycles. The minimum absolute atomic E-state index is 0.0239. The summed E-state index contributed by atoms with van der Waals surface area (Å²) in [6.07, 6.45) is 3.21. The SMILES string of the molecule is CC[C@@H](CCC(C)C)[C@H](Oc1ccccc1)[C@H](C)OC(=O)[C@H](C)CC(=O)c1nccc(OC)c1OCOC(C)=O. The highest BCUT2D eigenvalue weighted by Crippen LogP contribution is 2.32. The number of nitrogens with zero attached hydrogens (tertiary/aromatic N) is 1. The maximum Gasteiger partial charge on any atom is 0.309 e. The second-order valence-corrected chi connectivity index (χ2v) is 10.3. The second kappa shape index (κ2) is 16.5. The summed E-state index contributed by atoms with van der Waals surface area (Å²) in [6, 6.07) is 11.0. The summed E-state index contributed by atoms with van der Waals surface area (Å²) >= 11 is 0. The van der Waals surface area contributed by atoms with Gasteiger partial charge >= 0.3 is 11.9 Å². The number of benzene rings is 1. The second-order valence-electron chi connectivity index (χ2n) is 10.3. The maximum atomic E-state index is 13.2. The number of pyridine rings is 1. The molecule has 0 radical (unpaired) electrons. The molecule has 0 unspecified atom stereocenters. The van der Waals surface area contributed by atoms with Gasteiger partial charge in [0.15, 0.2) is 23.0 Å². The van der Waals surface area contributed by atoms with E-state index in [1.54, 1.807) is 6.92 Å². The predicted molar refractivity (Wildman–Crippen MR) is 150 cm³/mol. The number of hydrogen-bond donors (Lipinski definition) is 0. The van der Waals surface area contributed by atoms with Crippen LogP contribution in [0.4, 0.5) is 0 Å². The number of esters is 2. The van der Waals surface area contributed by atoms with E-state index >= 15 is 0 Å². The molecular weight excluding hydrogens is 514 g/mol. The molecule has 0 amide bonds. The number of ether oxygens (including phenoxy) is 5. The number of methoxy groups -OCH3 is 1. The van der Waals surface area contributed by atoms with Crippen LogP contribution in [0.1, 0.15) is 77.7 Å². The fourth-order valence-corrected chi connectivity index (χ4v) is 4.30. The summed E-state index contributed by atoms with van der Waals surface area (Å²) in [6.45, 7) is 10.8. The molecular formula is C31H43NO8. The van der Waals surface area contributed by atoms with Crippen molar-refractivity contribution in [2.24, 2.45) is 17.8 Å². The molecule has 0 N–H and O–H groups in total. The third-order valence-electron chi connectivity index (χ3n) is 6.60. The van der Waals surface area contributed by atoms with E-state index in [2.05, 4.69) is 25.8 Å². The van der Waals surface area contributed by atoms with E-state index in [4.69, 9.17) is 23.7 Å². The number of carbonyl (C=O) groups is 3. The molecule has 0 aliphatic carbocycles. The highest BCUT2D eigenvalue weighted by molar-refractivity contribution is 5.99. The zero-order valence-electron chi connectivity index (χ0n) is 24.7. The average molecular weight is 558 g/mol. The smallest absolute Gasteiger partial charge is 0.309 e. The van der Waals surface area contributed by atoms with Crippen LogP contribution in [0.15, 0.2) is 42.6 Å². The number of carbonyl (C=O) groups excluding carboxylic acids is 3. The standard InChI is InChI=1S/C31H43NO8/c1-8-24(15-14-20(2)3)29(40-25-12-10-9-11-13-25)22(5)39-31(35)21(4)18-26(34)28-30(38-19-37-23(6)33)27(36-7)16-17-32-28/h9-13,16-17,20-22,24,29H,8,14-15,18-19H2,1-7H3/t21-,22+,24+,29-/m1/s1. The maximum absolute atomic E-state index is 13.2. The van der Waals surface area contributed by atoms with Crippen molar-refractivity contribution in [1.82, 2.24) is 4.98 Å². The number of ketones is 1. The van der Waals surface area contributed by atoms with E-state index in [0.29, 0.717) is 11.7 Å². The van der Waals surface area contributed by atoms with Gasteiger partial charge in [-0.25, -0.2) is 4.98 Å². The Balaban J connectivity index is 2.14. The van der Waals surface area contributed by atoms with E-state index in [-0.39, 0.29) is 35.6 Å². The Morgan fingerprint density at radius 2 is 1.68 bits per heavy atom. The van der Waals surface area contributed by atoms with E-state index in [0.717, 1.165) is 19.3 Å². The topological polar surface area (TPSA) is 110 Å². The normalized spacial score (nSPS) is 14.0. The van der Waals surface area contributed by atoms with Gasteiger partial charge in [-0.05, 0) is 43.7 Å². The summed E-state index contributed by atoms with van der Waals surface area (Å²) in [5, 5.41) is 0. The highest BCUT2D eigenvalue weighted by Gasteiger charge is 2.32. The lowest BCUT2D eigenvalue weighted by molar-refractivity contribution is -0.159. The van der Waals surface area contributed by atoms with Crippen molar-refractivity contribution in [3.8, 4) is 17.2 Å². The number of rotatable bonds is 17. The first kappa shape index (κ1) is 32.6. The summed E-state index contributed by atoms with van der Waals surface area (Å²) < 4.78 is 27.8. The molecule has 0 fully saturated rings. The number of hydrogen-bond acceptors (Lipinski definition) is 9. The highest BCUT2D eigenvalue weighted by atomic mass is 16.7. The third kappa shape index (κ3) is 10.2. The van der Waals surface area contributed by atoms with Crippen LogP contribution >= 0.6 is 0 Å². The van der Waals surface area contributed by atoms with Gasteiger partial charge in [-0.15, -0.1) is 0 Å². The van der Waals surface area contributed by atoms with Crippen molar-refractivity contribution in [1.29, 1.82) is 0 Å². The molecule has 1 heterocycles. The Morgan fingerprint density at radius 1 is 0.975 bits per heavy atom. The molecule has 0 saturated heterocycles. The van der Waals surface area contributed by atoms with Crippen molar-refractivity contribution >= 4 is 17.7 Å². The van der Waals surface area contributed by atoms with E-state index in [1.807, 2.05) is 37.3 Å². The van der Waals surface area contributed by atoms with Crippen molar-refractivity contribution in [3.05, 3.63) is 48.3 Å². The Bertz CT molecular complexity index is 1090. The van der Waals surface area contributed by atoms with Crippen LogP contribution in [0.25, 0.3) is 0 Å². The lowest BCUT2D eigenvalue weighted by atomic mass is 9.88. The van der Waals surface area contributed by atoms with Crippen LogP contribution in [0.3, 0.4) is 0 Å².